The van der Waals surface area contributed by atoms with E-state index in [1.807, 2.05) is 11.0 Å². The van der Waals surface area contributed by atoms with Gasteiger partial charge in [-0.25, -0.2) is 4.39 Å². The van der Waals surface area contributed by atoms with Crippen molar-refractivity contribution in [3.05, 3.63) is 36.3 Å². The van der Waals surface area contributed by atoms with Crippen LogP contribution in [0.4, 0.5) is 10.1 Å². The first-order valence-electron chi connectivity index (χ1n) is 9.01. The van der Waals surface area contributed by atoms with Gasteiger partial charge in [-0.15, -0.1) is 0 Å². The second-order valence-electron chi connectivity index (χ2n) is 6.85. The van der Waals surface area contributed by atoms with Crippen molar-refractivity contribution in [2.45, 2.75) is 12.8 Å². The van der Waals surface area contributed by atoms with Crippen molar-refractivity contribution in [2.24, 2.45) is 5.92 Å². The summed E-state index contributed by atoms with van der Waals surface area (Å²) >= 11 is 0. The summed E-state index contributed by atoms with van der Waals surface area (Å²) in [7, 11) is 0. The van der Waals surface area contributed by atoms with Gasteiger partial charge in [0.15, 0.2) is 0 Å². The molecule has 3 heterocycles. The van der Waals surface area contributed by atoms with Crippen molar-refractivity contribution in [2.75, 3.05) is 44.2 Å². The van der Waals surface area contributed by atoms with Crippen LogP contribution in [0.25, 0.3) is 10.9 Å². The number of carbonyl (C=O) groups excluding carboxylic acids is 1. The van der Waals surface area contributed by atoms with E-state index in [0.29, 0.717) is 5.52 Å². The SMILES string of the molecule is O=C(C1CCCNC1)N1CCN(c2ccnc3cc(F)ccc23)CC1. The molecule has 2 aliphatic rings. The second kappa shape index (κ2) is 6.96. The highest BCUT2D eigenvalue weighted by atomic mass is 19.1. The molecule has 0 spiro atoms. The Morgan fingerprint density at radius 3 is 2.80 bits per heavy atom. The van der Waals surface area contributed by atoms with E-state index in [2.05, 4.69) is 15.2 Å². The first kappa shape index (κ1) is 16.3. The molecule has 0 aliphatic carbocycles. The largest absolute Gasteiger partial charge is 0.367 e. The summed E-state index contributed by atoms with van der Waals surface area (Å²) in [4.78, 5) is 21.2. The molecule has 2 saturated heterocycles. The van der Waals surface area contributed by atoms with Gasteiger partial charge in [-0.2, -0.15) is 0 Å². The average Bonchev–Trinajstić information content (AvgIpc) is 2.67. The molecule has 0 radical (unpaired) electrons. The van der Waals surface area contributed by atoms with Crippen LogP contribution in [0, 0.1) is 11.7 Å². The lowest BCUT2D eigenvalue weighted by Gasteiger charge is -2.38. The number of aromatic nitrogens is 1. The zero-order valence-electron chi connectivity index (χ0n) is 14.2. The molecule has 1 unspecified atom stereocenters. The summed E-state index contributed by atoms with van der Waals surface area (Å²) in [6.07, 6.45) is 3.80. The second-order valence-corrected chi connectivity index (χ2v) is 6.85. The first-order chi connectivity index (χ1) is 12.2. The number of nitrogens with zero attached hydrogens (tertiary/aromatic N) is 3. The van der Waals surface area contributed by atoms with Crippen molar-refractivity contribution in [1.82, 2.24) is 15.2 Å². The van der Waals surface area contributed by atoms with E-state index in [0.717, 1.165) is 63.2 Å². The van der Waals surface area contributed by atoms with E-state index in [-0.39, 0.29) is 17.6 Å². The Kier molecular flexibility index (Phi) is 4.53. The molecule has 2 aromatic rings. The molecule has 1 aromatic carbocycles. The van der Waals surface area contributed by atoms with Gasteiger partial charge in [-0.3, -0.25) is 9.78 Å². The third kappa shape index (κ3) is 3.31. The number of hydrogen-bond donors (Lipinski definition) is 1. The van der Waals surface area contributed by atoms with E-state index in [1.165, 1.54) is 12.1 Å². The highest BCUT2D eigenvalue weighted by Gasteiger charge is 2.28. The Bertz CT molecular complexity index is 767. The molecular weight excluding hydrogens is 319 g/mol. The van der Waals surface area contributed by atoms with Crippen molar-refractivity contribution in [3.63, 3.8) is 0 Å². The Balaban J connectivity index is 1.46. The van der Waals surface area contributed by atoms with Crippen molar-refractivity contribution >= 4 is 22.5 Å². The smallest absolute Gasteiger partial charge is 0.227 e. The van der Waals surface area contributed by atoms with Gasteiger partial charge in [0, 0.05) is 56.1 Å². The van der Waals surface area contributed by atoms with Crippen molar-refractivity contribution in [3.8, 4) is 0 Å². The Morgan fingerprint density at radius 2 is 2.04 bits per heavy atom. The molecule has 4 rings (SSSR count). The van der Waals surface area contributed by atoms with Gasteiger partial charge in [0.05, 0.1) is 11.4 Å². The van der Waals surface area contributed by atoms with Gasteiger partial charge < -0.3 is 15.1 Å². The molecule has 0 saturated carbocycles. The lowest BCUT2D eigenvalue weighted by molar-refractivity contribution is -0.136. The number of piperidine rings is 1. The Morgan fingerprint density at radius 1 is 1.20 bits per heavy atom. The lowest BCUT2D eigenvalue weighted by atomic mass is 9.98. The molecule has 1 amide bonds. The maximum absolute atomic E-state index is 13.4. The molecular formula is C19H23FN4O. The summed E-state index contributed by atoms with van der Waals surface area (Å²) in [6.45, 7) is 4.89. The maximum Gasteiger partial charge on any atom is 0.227 e. The predicted molar refractivity (Wildman–Crippen MR) is 96.1 cm³/mol. The minimum absolute atomic E-state index is 0.130. The zero-order valence-corrected chi connectivity index (χ0v) is 14.2. The highest BCUT2D eigenvalue weighted by Crippen LogP contribution is 2.27. The topological polar surface area (TPSA) is 48.5 Å². The summed E-state index contributed by atoms with van der Waals surface area (Å²) in [6, 6.07) is 6.71. The summed E-state index contributed by atoms with van der Waals surface area (Å²) < 4.78 is 13.4. The molecule has 0 bridgehead atoms. The van der Waals surface area contributed by atoms with E-state index in [4.69, 9.17) is 0 Å². The molecule has 5 nitrogen and oxygen atoms in total. The van der Waals surface area contributed by atoms with E-state index >= 15 is 0 Å². The predicted octanol–water partition coefficient (Wildman–Crippen LogP) is 2.02. The number of halogens is 1. The monoisotopic (exact) mass is 342 g/mol. The molecule has 132 valence electrons. The quantitative estimate of drug-likeness (QED) is 0.907. The molecule has 1 aromatic heterocycles. The number of carbonyl (C=O) groups is 1. The van der Waals surface area contributed by atoms with Gasteiger partial charge in [0.2, 0.25) is 5.91 Å². The molecule has 2 fully saturated rings. The van der Waals surface area contributed by atoms with Crippen LogP contribution in [0.2, 0.25) is 0 Å². The van der Waals surface area contributed by atoms with Crippen LogP contribution in [0.1, 0.15) is 12.8 Å². The molecule has 2 aliphatic heterocycles. The van der Waals surface area contributed by atoms with Crippen LogP contribution in [-0.2, 0) is 4.79 Å². The Labute approximate surface area is 146 Å². The summed E-state index contributed by atoms with van der Waals surface area (Å²) in [5, 5.41) is 4.28. The third-order valence-corrected chi connectivity index (χ3v) is 5.26. The van der Waals surface area contributed by atoms with Gasteiger partial charge in [0.25, 0.3) is 0 Å². The minimum Gasteiger partial charge on any atom is -0.367 e. The van der Waals surface area contributed by atoms with Crippen LogP contribution in [-0.4, -0.2) is 55.1 Å². The number of nitrogens with one attached hydrogen (secondary N) is 1. The number of rotatable bonds is 2. The number of piperazine rings is 1. The number of benzene rings is 1. The van der Waals surface area contributed by atoms with Crippen LogP contribution in [0.15, 0.2) is 30.5 Å². The van der Waals surface area contributed by atoms with Crippen LogP contribution >= 0.6 is 0 Å². The minimum atomic E-state index is -0.270. The van der Waals surface area contributed by atoms with Crippen molar-refractivity contribution in [1.29, 1.82) is 0 Å². The first-order valence-corrected chi connectivity index (χ1v) is 9.01. The number of anilines is 1. The molecule has 1 atom stereocenters. The summed E-state index contributed by atoms with van der Waals surface area (Å²) in [5.74, 6) is 0.146. The average molecular weight is 342 g/mol. The van der Waals surface area contributed by atoms with Crippen LogP contribution < -0.4 is 10.2 Å². The maximum atomic E-state index is 13.4. The fourth-order valence-corrected chi connectivity index (χ4v) is 3.87. The van der Waals surface area contributed by atoms with E-state index in [9.17, 15) is 9.18 Å². The van der Waals surface area contributed by atoms with Crippen LogP contribution in [0.3, 0.4) is 0 Å². The van der Waals surface area contributed by atoms with Gasteiger partial charge in [0.1, 0.15) is 5.82 Å². The third-order valence-electron chi connectivity index (χ3n) is 5.26. The van der Waals surface area contributed by atoms with Crippen molar-refractivity contribution < 1.29 is 9.18 Å². The standard InChI is InChI=1S/C19H23FN4O/c20-15-3-4-16-17(12-15)22-7-5-18(16)23-8-10-24(11-9-23)19(25)14-2-1-6-21-13-14/h3-5,7,12,14,21H,1-2,6,8-11,13H2. The van der Waals surface area contributed by atoms with Gasteiger partial charge in [-0.05, 0) is 37.6 Å². The lowest BCUT2D eigenvalue weighted by Crippen LogP contribution is -2.52. The molecule has 25 heavy (non-hydrogen) atoms. The zero-order chi connectivity index (χ0) is 17.2. The normalized spacial score (nSPS) is 21.6. The van der Waals surface area contributed by atoms with Gasteiger partial charge in [-0.1, -0.05) is 0 Å². The number of amides is 1. The van der Waals surface area contributed by atoms with E-state index < -0.39 is 0 Å². The molecule has 6 heteroatoms. The number of pyridine rings is 1. The van der Waals surface area contributed by atoms with Gasteiger partial charge >= 0.3 is 0 Å². The Hall–Kier alpha value is -2.21. The number of hydrogen-bond acceptors (Lipinski definition) is 4. The summed E-state index contributed by atoms with van der Waals surface area (Å²) in [5.41, 5.74) is 1.74. The van der Waals surface area contributed by atoms with Crippen LogP contribution in [0.5, 0.6) is 0 Å². The van der Waals surface area contributed by atoms with E-state index in [1.54, 1.807) is 12.3 Å². The fraction of sp³-hybridized carbons (Fsp3) is 0.474. The fourth-order valence-electron chi connectivity index (χ4n) is 3.87. The number of fused-ring (bicyclic) bond motifs is 1. The highest BCUT2D eigenvalue weighted by molar-refractivity contribution is 5.91. The molecule has 1 N–H and O–H groups in total.